The molecule has 0 atom stereocenters. The molecule has 0 aliphatic rings. The van der Waals surface area contributed by atoms with Crippen LogP contribution in [-0.4, -0.2) is 27.4 Å². The lowest BCUT2D eigenvalue weighted by atomic mass is 10.6. The fourth-order valence-electron chi connectivity index (χ4n) is 1.14. The zero-order chi connectivity index (χ0) is 11.4. The van der Waals surface area contributed by atoms with Crippen LogP contribution in [0.2, 0.25) is 0 Å². The third kappa shape index (κ3) is 3.14. The summed E-state index contributed by atoms with van der Waals surface area (Å²) in [7, 11) is 0. The molecule has 0 aliphatic carbocycles. The summed E-state index contributed by atoms with van der Waals surface area (Å²) in [4.78, 5) is 8.53. The molecule has 0 saturated carbocycles. The molecular weight excluding hydrogens is 242 g/mol. The van der Waals surface area contributed by atoms with Crippen LogP contribution in [0, 0.1) is 13.8 Å². The molecule has 0 saturated heterocycles. The normalized spacial score (nSPS) is 10.4. The van der Waals surface area contributed by atoms with Gasteiger partial charge in [0.15, 0.2) is 5.13 Å². The van der Waals surface area contributed by atoms with E-state index in [1.54, 1.807) is 11.3 Å². The predicted molar refractivity (Wildman–Crippen MR) is 68.5 cm³/mol. The van der Waals surface area contributed by atoms with E-state index < -0.39 is 0 Å². The molecule has 2 rings (SSSR count). The standard InChI is InChI=1S/C9H13N5S2/c1-6-5-15-8(12-6)10-3-4-11-9-13-7(2)14-16-9/h5H,3-4H2,1-2H3,(H,10,12)(H,11,13,14). The van der Waals surface area contributed by atoms with Crippen molar-refractivity contribution >= 4 is 33.1 Å². The molecule has 2 heterocycles. The Kier molecular flexibility index (Phi) is 3.68. The summed E-state index contributed by atoms with van der Waals surface area (Å²) in [5, 5.41) is 10.3. The van der Waals surface area contributed by atoms with Crippen molar-refractivity contribution in [2.75, 3.05) is 23.7 Å². The third-order valence-corrected chi connectivity index (χ3v) is 3.51. The van der Waals surface area contributed by atoms with Gasteiger partial charge in [-0.3, -0.25) is 0 Å². The second kappa shape index (κ2) is 5.22. The second-order valence-electron chi connectivity index (χ2n) is 3.29. The van der Waals surface area contributed by atoms with E-state index in [4.69, 9.17) is 0 Å². The smallest absolute Gasteiger partial charge is 0.202 e. The first kappa shape index (κ1) is 11.3. The number of aromatic nitrogens is 3. The van der Waals surface area contributed by atoms with Crippen LogP contribution in [0.4, 0.5) is 10.3 Å². The van der Waals surface area contributed by atoms with E-state index >= 15 is 0 Å². The molecule has 0 spiro atoms. The highest BCUT2D eigenvalue weighted by molar-refractivity contribution is 7.13. The van der Waals surface area contributed by atoms with Crippen LogP contribution < -0.4 is 10.6 Å². The summed E-state index contributed by atoms with van der Waals surface area (Å²) >= 11 is 3.01. The fourth-order valence-corrected chi connectivity index (χ4v) is 2.46. The first-order valence-electron chi connectivity index (χ1n) is 4.94. The predicted octanol–water partition coefficient (Wildman–Crippen LogP) is 2.14. The van der Waals surface area contributed by atoms with Crippen molar-refractivity contribution in [1.29, 1.82) is 0 Å². The van der Waals surface area contributed by atoms with Gasteiger partial charge in [0.1, 0.15) is 5.82 Å². The van der Waals surface area contributed by atoms with Crippen LogP contribution in [0.15, 0.2) is 5.38 Å². The van der Waals surface area contributed by atoms with Gasteiger partial charge in [-0.2, -0.15) is 4.37 Å². The Hall–Kier alpha value is -1.21. The van der Waals surface area contributed by atoms with Gasteiger partial charge in [0.05, 0.1) is 5.69 Å². The molecule has 7 heteroatoms. The highest BCUT2D eigenvalue weighted by atomic mass is 32.1. The summed E-state index contributed by atoms with van der Waals surface area (Å²) in [6, 6.07) is 0. The summed E-state index contributed by atoms with van der Waals surface area (Å²) < 4.78 is 4.09. The minimum atomic E-state index is 0.813. The summed E-state index contributed by atoms with van der Waals surface area (Å²) in [5.74, 6) is 0.816. The first-order valence-corrected chi connectivity index (χ1v) is 6.59. The van der Waals surface area contributed by atoms with E-state index in [1.165, 1.54) is 11.5 Å². The van der Waals surface area contributed by atoms with Gasteiger partial charge >= 0.3 is 0 Å². The lowest BCUT2D eigenvalue weighted by Gasteiger charge is -2.02. The zero-order valence-corrected chi connectivity index (χ0v) is 10.8. The van der Waals surface area contributed by atoms with Crippen LogP contribution in [-0.2, 0) is 0 Å². The number of aryl methyl sites for hydroxylation is 2. The summed E-state index contributed by atoms with van der Waals surface area (Å²) in [5.41, 5.74) is 1.06. The maximum absolute atomic E-state index is 4.31. The van der Waals surface area contributed by atoms with E-state index in [0.29, 0.717) is 0 Å². The Morgan fingerprint density at radius 1 is 1.12 bits per heavy atom. The summed E-state index contributed by atoms with van der Waals surface area (Å²) in [6.07, 6.45) is 0. The highest BCUT2D eigenvalue weighted by Gasteiger charge is 1.99. The molecule has 2 N–H and O–H groups in total. The minimum Gasteiger partial charge on any atom is -0.360 e. The number of rotatable bonds is 5. The Balaban J connectivity index is 1.69. The molecule has 16 heavy (non-hydrogen) atoms. The van der Waals surface area contributed by atoms with Crippen molar-refractivity contribution in [3.05, 3.63) is 16.9 Å². The Morgan fingerprint density at radius 2 is 1.88 bits per heavy atom. The van der Waals surface area contributed by atoms with Crippen molar-refractivity contribution in [1.82, 2.24) is 14.3 Å². The molecule has 0 aromatic carbocycles. The van der Waals surface area contributed by atoms with Crippen LogP contribution in [0.25, 0.3) is 0 Å². The van der Waals surface area contributed by atoms with Crippen molar-refractivity contribution in [2.24, 2.45) is 0 Å². The molecule has 2 aromatic rings. The van der Waals surface area contributed by atoms with E-state index in [-0.39, 0.29) is 0 Å². The van der Waals surface area contributed by atoms with Gasteiger partial charge in [0.25, 0.3) is 0 Å². The summed E-state index contributed by atoms with van der Waals surface area (Å²) in [6.45, 7) is 5.51. The lowest BCUT2D eigenvalue weighted by molar-refractivity contribution is 1.05. The molecule has 0 unspecified atom stereocenters. The van der Waals surface area contributed by atoms with Gasteiger partial charge in [-0.05, 0) is 13.8 Å². The van der Waals surface area contributed by atoms with Gasteiger partial charge in [-0.25, -0.2) is 9.97 Å². The molecule has 2 aromatic heterocycles. The van der Waals surface area contributed by atoms with E-state index in [0.717, 1.165) is 34.9 Å². The van der Waals surface area contributed by atoms with Crippen LogP contribution in [0.1, 0.15) is 11.5 Å². The number of anilines is 2. The van der Waals surface area contributed by atoms with E-state index in [9.17, 15) is 0 Å². The quantitative estimate of drug-likeness (QED) is 0.801. The second-order valence-corrected chi connectivity index (χ2v) is 4.90. The largest absolute Gasteiger partial charge is 0.360 e. The highest BCUT2D eigenvalue weighted by Crippen LogP contribution is 2.14. The van der Waals surface area contributed by atoms with Crippen LogP contribution >= 0.6 is 22.9 Å². The Bertz CT molecular complexity index is 408. The van der Waals surface area contributed by atoms with Crippen molar-refractivity contribution in [3.8, 4) is 0 Å². The monoisotopic (exact) mass is 255 g/mol. The minimum absolute atomic E-state index is 0.813. The van der Waals surface area contributed by atoms with E-state index in [2.05, 4.69) is 25.0 Å². The average Bonchev–Trinajstić information content (AvgIpc) is 2.83. The van der Waals surface area contributed by atoms with Gasteiger partial charge in [-0.15, -0.1) is 11.3 Å². The third-order valence-electron chi connectivity index (χ3n) is 1.82. The number of nitrogens with zero attached hydrogens (tertiary/aromatic N) is 3. The molecule has 0 amide bonds. The molecule has 0 bridgehead atoms. The van der Waals surface area contributed by atoms with Gasteiger partial charge in [0, 0.05) is 30.0 Å². The van der Waals surface area contributed by atoms with Crippen molar-refractivity contribution in [3.63, 3.8) is 0 Å². The molecule has 5 nitrogen and oxygen atoms in total. The van der Waals surface area contributed by atoms with E-state index in [1.807, 2.05) is 19.2 Å². The maximum atomic E-state index is 4.31. The maximum Gasteiger partial charge on any atom is 0.202 e. The molecule has 86 valence electrons. The Labute approximate surface area is 102 Å². The van der Waals surface area contributed by atoms with Gasteiger partial charge in [0.2, 0.25) is 5.13 Å². The Morgan fingerprint density at radius 3 is 2.44 bits per heavy atom. The van der Waals surface area contributed by atoms with Crippen LogP contribution in [0.3, 0.4) is 0 Å². The first-order chi connectivity index (χ1) is 7.74. The van der Waals surface area contributed by atoms with Gasteiger partial charge in [-0.1, -0.05) is 0 Å². The van der Waals surface area contributed by atoms with Crippen molar-refractivity contribution < 1.29 is 0 Å². The number of nitrogens with one attached hydrogen (secondary N) is 2. The van der Waals surface area contributed by atoms with Crippen molar-refractivity contribution in [2.45, 2.75) is 13.8 Å². The lowest BCUT2D eigenvalue weighted by Crippen LogP contribution is -2.13. The molecular formula is C9H13N5S2. The van der Waals surface area contributed by atoms with Crippen LogP contribution in [0.5, 0.6) is 0 Å². The zero-order valence-electron chi connectivity index (χ0n) is 9.15. The average molecular weight is 255 g/mol. The molecule has 0 radical (unpaired) electrons. The number of hydrogen-bond donors (Lipinski definition) is 2. The van der Waals surface area contributed by atoms with Gasteiger partial charge < -0.3 is 10.6 Å². The number of hydrogen-bond acceptors (Lipinski definition) is 7. The topological polar surface area (TPSA) is 62.7 Å². The SMILES string of the molecule is Cc1csc(NCCNc2nc(C)ns2)n1. The fraction of sp³-hybridized carbons (Fsp3) is 0.444. The molecule has 0 fully saturated rings. The number of thiazole rings is 1. The molecule has 0 aliphatic heterocycles.